The molecule has 0 radical (unpaired) electrons. The number of benzene rings is 2. The molecule has 2 aromatic carbocycles. The number of halogens is 1. The van der Waals surface area contributed by atoms with Crippen LogP contribution in [0, 0.1) is 0 Å². The van der Waals surface area contributed by atoms with Crippen molar-refractivity contribution in [3.63, 3.8) is 0 Å². The Labute approximate surface area is 166 Å². The minimum atomic E-state index is -3.51. The predicted octanol–water partition coefficient (Wildman–Crippen LogP) is 3.26. The van der Waals surface area contributed by atoms with Crippen LogP contribution in [0.15, 0.2) is 57.9 Å². The minimum Gasteiger partial charge on any atom is -0.332 e. The monoisotopic (exact) mass is 455 g/mol. The second kappa shape index (κ2) is 9.22. The summed E-state index contributed by atoms with van der Waals surface area (Å²) in [5.41, 5.74) is 1.02. The molecule has 0 unspecified atom stereocenters. The van der Waals surface area contributed by atoms with Crippen LogP contribution in [0.2, 0.25) is 0 Å². The van der Waals surface area contributed by atoms with Gasteiger partial charge in [-0.05, 0) is 71.0 Å². The molecule has 138 valence electrons. The lowest BCUT2D eigenvalue weighted by Crippen LogP contribution is -2.34. The van der Waals surface area contributed by atoms with E-state index in [0.717, 1.165) is 0 Å². The molecule has 0 atom stereocenters. The van der Waals surface area contributed by atoms with Gasteiger partial charge in [-0.25, -0.2) is 13.1 Å². The number of carbonyl (C=O) groups excluding carboxylic acids is 1. The van der Waals surface area contributed by atoms with Crippen LogP contribution in [0.25, 0.3) is 0 Å². The number of sulfonamides is 1. The molecule has 6 nitrogen and oxygen atoms in total. The van der Waals surface area contributed by atoms with Crippen LogP contribution < -0.4 is 15.4 Å². The molecule has 26 heavy (non-hydrogen) atoms. The SMILES string of the molecule is CCCNS(=O)(=O)c1ccc(NC(=S)NC(=O)c2ccccc2Br)cc1. The Hall–Kier alpha value is -1.81. The van der Waals surface area contributed by atoms with E-state index in [2.05, 4.69) is 31.3 Å². The van der Waals surface area contributed by atoms with E-state index >= 15 is 0 Å². The van der Waals surface area contributed by atoms with Crippen molar-refractivity contribution in [1.82, 2.24) is 10.0 Å². The van der Waals surface area contributed by atoms with Gasteiger partial charge in [-0.1, -0.05) is 19.1 Å². The summed E-state index contributed by atoms with van der Waals surface area (Å²) in [6.45, 7) is 2.27. The normalized spacial score (nSPS) is 11.0. The summed E-state index contributed by atoms with van der Waals surface area (Å²) < 4.78 is 27.2. The standard InChI is InChI=1S/C17H18BrN3O3S2/c1-2-11-19-26(23,24)13-9-7-12(8-10-13)20-17(25)21-16(22)14-5-3-4-6-15(14)18/h3-10,19H,2,11H2,1H3,(H2,20,21,22,25). The molecule has 0 aromatic heterocycles. The topological polar surface area (TPSA) is 87.3 Å². The molecule has 3 N–H and O–H groups in total. The van der Waals surface area contributed by atoms with Gasteiger partial charge < -0.3 is 5.32 Å². The molecule has 0 spiro atoms. The average Bonchev–Trinajstić information content (AvgIpc) is 2.60. The molecule has 0 aliphatic carbocycles. The Morgan fingerprint density at radius 2 is 1.77 bits per heavy atom. The predicted molar refractivity (Wildman–Crippen MR) is 110 cm³/mol. The lowest BCUT2D eigenvalue weighted by Gasteiger charge is -2.11. The van der Waals surface area contributed by atoms with E-state index in [1.54, 1.807) is 30.3 Å². The molecule has 0 saturated heterocycles. The fourth-order valence-corrected chi connectivity index (χ4v) is 3.82. The molecule has 9 heteroatoms. The average molecular weight is 456 g/mol. The zero-order valence-electron chi connectivity index (χ0n) is 14.0. The van der Waals surface area contributed by atoms with Gasteiger partial charge in [0, 0.05) is 16.7 Å². The Balaban J connectivity index is 1.99. The largest absolute Gasteiger partial charge is 0.332 e. The van der Waals surface area contributed by atoms with Gasteiger partial charge in [-0.2, -0.15) is 0 Å². The smallest absolute Gasteiger partial charge is 0.258 e. The third kappa shape index (κ3) is 5.60. The summed E-state index contributed by atoms with van der Waals surface area (Å²) in [6, 6.07) is 13.1. The van der Waals surface area contributed by atoms with Gasteiger partial charge in [-0.15, -0.1) is 0 Å². The summed E-state index contributed by atoms with van der Waals surface area (Å²) >= 11 is 8.44. The van der Waals surface area contributed by atoms with Gasteiger partial charge in [0.25, 0.3) is 5.91 Å². The summed E-state index contributed by atoms with van der Waals surface area (Å²) in [5, 5.41) is 5.55. The highest BCUT2D eigenvalue weighted by molar-refractivity contribution is 9.10. The first-order chi connectivity index (χ1) is 12.3. The number of nitrogens with one attached hydrogen (secondary N) is 3. The highest BCUT2D eigenvalue weighted by Crippen LogP contribution is 2.16. The Kier molecular flexibility index (Phi) is 7.27. The van der Waals surface area contributed by atoms with E-state index in [1.165, 1.54) is 12.1 Å². The van der Waals surface area contributed by atoms with Gasteiger partial charge in [0.2, 0.25) is 10.0 Å². The van der Waals surface area contributed by atoms with Crippen LogP contribution in [0.1, 0.15) is 23.7 Å². The number of thiocarbonyl (C=S) groups is 1. The molecule has 2 rings (SSSR count). The molecular weight excluding hydrogens is 438 g/mol. The highest BCUT2D eigenvalue weighted by Gasteiger charge is 2.14. The van der Waals surface area contributed by atoms with Crippen molar-refractivity contribution in [3.8, 4) is 0 Å². The maximum atomic E-state index is 12.2. The van der Waals surface area contributed by atoms with Gasteiger partial charge in [-0.3, -0.25) is 10.1 Å². The quantitative estimate of drug-likeness (QED) is 0.581. The minimum absolute atomic E-state index is 0.116. The lowest BCUT2D eigenvalue weighted by molar-refractivity contribution is 0.0977. The van der Waals surface area contributed by atoms with Crippen LogP contribution in [0.3, 0.4) is 0 Å². The van der Waals surface area contributed by atoms with Gasteiger partial charge in [0.1, 0.15) is 0 Å². The molecular formula is C17H18BrN3O3S2. The number of hydrogen-bond donors (Lipinski definition) is 3. The maximum absolute atomic E-state index is 12.2. The Morgan fingerprint density at radius 1 is 1.12 bits per heavy atom. The van der Waals surface area contributed by atoms with E-state index in [-0.39, 0.29) is 15.9 Å². The summed E-state index contributed by atoms with van der Waals surface area (Å²) in [4.78, 5) is 12.4. The van der Waals surface area contributed by atoms with Crippen molar-refractivity contribution in [2.75, 3.05) is 11.9 Å². The fourth-order valence-electron chi connectivity index (χ4n) is 2.02. The van der Waals surface area contributed by atoms with Crippen molar-refractivity contribution in [3.05, 3.63) is 58.6 Å². The van der Waals surface area contributed by atoms with Crippen molar-refractivity contribution < 1.29 is 13.2 Å². The zero-order valence-corrected chi connectivity index (χ0v) is 17.2. The second-order valence-electron chi connectivity index (χ2n) is 5.31. The van der Waals surface area contributed by atoms with Crippen molar-refractivity contribution in [2.24, 2.45) is 0 Å². The zero-order chi connectivity index (χ0) is 19.2. The van der Waals surface area contributed by atoms with Crippen LogP contribution >= 0.6 is 28.1 Å². The van der Waals surface area contributed by atoms with E-state index in [0.29, 0.717) is 28.7 Å². The summed E-state index contributed by atoms with van der Waals surface area (Å²) in [5.74, 6) is -0.349. The van der Waals surface area contributed by atoms with Gasteiger partial charge in [0.05, 0.1) is 10.5 Å². The number of hydrogen-bond acceptors (Lipinski definition) is 4. The van der Waals surface area contributed by atoms with Crippen LogP contribution in [-0.4, -0.2) is 26.0 Å². The van der Waals surface area contributed by atoms with Gasteiger partial charge >= 0.3 is 0 Å². The van der Waals surface area contributed by atoms with E-state index in [9.17, 15) is 13.2 Å². The molecule has 0 aliphatic heterocycles. The summed E-state index contributed by atoms with van der Waals surface area (Å²) in [6.07, 6.45) is 0.713. The number of carbonyl (C=O) groups is 1. The number of rotatable bonds is 6. The molecule has 1 amide bonds. The van der Waals surface area contributed by atoms with E-state index in [4.69, 9.17) is 12.2 Å². The van der Waals surface area contributed by atoms with Crippen LogP contribution in [0.5, 0.6) is 0 Å². The van der Waals surface area contributed by atoms with Gasteiger partial charge in [0.15, 0.2) is 5.11 Å². The highest BCUT2D eigenvalue weighted by atomic mass is 79.9. The maximum Gasteiger partial charge on any atom is 0.258 e. The first-order valence-electron chi connectivity index (χ1n) is 7.80. The molecule has 0 saturated carbocycles. The second-order valence-corrected chi connectivity index (χ2v) is 8.34. The van der Waals surface area contributed by atoms with Crippen LogP contribution in [0.4, 0.5) is 5.69 Å². The van der Waals surface area contributed by atoms with Crippen molar-refractivity contribution in [2.45, 2.75) is 18.2 Å². The van der Waals surface area contributed by atoms with Crippen molar-refractivity contribution >= 4 is 54.9 Å². The third-order valence-corrected chi connectivity index (χ3v) is 5.68. The fraction of sp³-hybridized carbons (Fsp3) is 0.176. The van der Waals surface area contributed by atoms with Crippen LogP contribution in [-0.2, 0) is 10.0 Å². The first kappa shape index (κ1) is 20.5. The van der Waals surface area contributed by atoms with E-state index in [1.807, 2.05) is 13.0 Å². The Bertz CT molecular complexity index is 900. The molecule has 0 heterocycles. The first-order valence-corrected chi connectivity index (χ1v) is 10.5. The molecule has 0 bridgehead atoms. The molecule has 0 aliphatic rings. The van der Waals surface area contributed by atoms with Crippen molar-refractivity contribution in [1.29, 1.82) is 0 Å². The van der Waals surface area contributed by atoms with E-state index < -0.39 is 10.0 Å². The number of anilines is 1. The third-order valence-electron chi connectivity index (χ3n) is 3.31. The molecule has 0 fully saturated rings. The lowest BCUT2D eigenvalue weighted by atomic mass is 10.2. The Morgan fingerprint density at radius 3 is 2.38 bits per heavy atom. The number of amides is 1. The summed E-state index contributed by atoms with van der Waals surface area (Å²) in [7, 11) is -3.51. The molecule has 2 aromatic rings.